The fourth-order valence-electron chi connectivity index (χ4n) is 1.41. The second-order valence-corrected chi connectivity index (χ2v) is 7.08. The van der Waals surface area contributed by atoms with Crippen molar-refractivity contribution in [3.63, 3.8) is 0 Å². The molecule has 0 aliphatic heterocycles. The van der Waals surface area contributed by atoms with Crippen LogP contribution in [0.1, 0.15) is 5.56 Å². The molecule has 0 aromatic heterocycles. The Hall–Kier alpha value is -0.380. The van der Waals surface area contributed by atoms with Crippen LogP contribution in [0.15, 0.2) is 21.5 Å². The second-order valence-electron chi connectivity index (χ2n) is 3.89. The molecule has 1 aromatic rings. The van der Waals surface area contributed by atoms with Crippen LogP contribution in [0.5, 0.6) is 0 Å². The molecule has 0 spiro atoms. The van der Waals surface area contributed by atoms with E-state index in [1.54, 1.807) is 0 Å². The molecule has 1 aromatic carbocycles. The predicted molar refractivity (Wildman–Crippen MR) is 69.5 cm³/mol. The largest absolute Gasteiger partial charge is 0.402 e. The number of sulfonamides is 1. The minimum Gasteiger partial charge on any atom is -0.207 e. The van der Waals surface area contributed by atoms with E-state index in [0.717, 1.165) is 13.1 Å². The Bertz CT molecular complexity index is 606. The summed E-state index contributed by atoms with van der Waals surface area (Å²) in [6, 6.07) is 2.15. The first-order valence-electron chi connectivity index (χ1n) is 5.06. The molecule has 114 valence electrons. The third-order valence-electron chi connectivity index (χ3n) is 2.31. The molecule has 0 atom stereocenters. The van der Waals surface area contributed by atoms with Crippen LogP contribution in [0.3, 0.4) is 0 Å². The van der Waals surface area contributed by atoms with Gasteiger partial charge in [-0.05, 0) is 12.1 Å². The molecule has 0 unspecified atom stereocenters. The number of halogens is 6. The summed E-state index contributed by atoms with van der Waals surface area (Å²) >= 11 is 8.42. The van der Waals surface area contributed by atoms with Crippen molar-refractivity contribution >= 4 is 37.6 Å². The molecule has 0 bridgehead atoms. The van der Waals surface area contributed by atoms with Crippen LogP contribution in [0.2, 0.25) is 0 Å². The zero-order valence-corrected chi connectivity index (χ0v) is 13.2. The van der Waals surface area contributed by atoms with Crippen LogP contribution >= 0.6 is 27.5 Å². The molecule has 0 radical (unpaired) electrons. The summed E-state index contributed by atoms with van der Waals surface area (Å²) in [7, 11) is -3.88. The van der Waals surface area contributed by atoms with E-state index < -0.39 is 33.5 Å². The molecule has 10 heteroatoms. The molecular formula is C10H9BrClF4NO2S. The number of nitrogens with zero attached hydrogens (tertiary/aromatic N) is 1. The molecule has 0 aliphatic rings. The van der Waals surface area contributed by atoms with Crippen LogP contribution in [0.25, 0.3) is 0 Å². The molecule has 0 N–H and O–H groups in total. The first-order chi connectivity index (χ1) is 8.99. The van der Waals surface area contributed by atoms with E-state index in [1.807, 2.05) is 0 Å². The minimum absolute atomic E-state index is 0.0376. The molecule has 0 amide bonds. The SMILES string of the molecule is CN(CC(F)(F)F)S(=O)(=O)c1cc(Br)cc(CCl)c1F. The number of hydrogen-bond acceptors (Lipinski definition) is 2. The van der Waals surface area contributed by atoms with Gasteiger partial charge < -0.3 is 0 Å². The number of hydrogen-bond donors (Lipinski definition) is 0. The minimum atomic E-state index is -4.72. The standard InChI is InChI=1S/C10H9BrClF4NO2S/c1-17(5-10(14,15)16)20(18,19)8-3-7(11)2-6(4-12)9(8)13/h2-3H,4-5H2,1H3. The highest BCUT2D eigenvalue weighted by atomic mass is 79.9. The topological polar surface area (TPSA) is 37.4 Å². The van der Waals surface area contributed by atoms with Crippen molar-refractivity contribution in [1.82, 2.24) is 4.31 Å². The number of alkyl halides is 4. The van der Waals surface area contributed by atoms with Crippen LogP contribution in [0, 0.1) is 5.82 Å². The zero-order chi connectivity index (χ0) is 15.7. The summed E-state index contributed by atoms with van der Waals surface area (Å²) in [6.07, 6.45) is -4.72. The third kappa shape index (κ3) is 4.06. The van der Waals surface area contributed by atoms with Gasteiger partial charge in [0.2, 0.25) is 10.0 Å². The Morgan fingerprint density at radius 1 is 1.35 bits per heavy atom. The van der Waals surface area contributed by atoms with Crippen molar-refractivity contribution in [1.29, 1.82) is 0 Å². The average Bonchev–Trinajstić information content (AvgIpc) is 2.29. The smallest absolute Gasteiger partial charge is 0.207 e. The van der Waals surface area contributed by atoms with Gasteiger partial charge in [-0.1, -0.05) is 15.9 Å². The molecule has 3 nitrogen and oxygen atoms in total. The first kappa shape index (κ1) is 17.7. The summed E-state index contributed by atoms with van der Waals surface area (Å²) in [4.78, 5) is -0.853. The predicted octanol–water partition coefficient (Wildman–Crippen LogP) is 3.51. The lowest BCUT2D eigenvalue weighted by molar-refractivity contribution is -0.134. The van der Waals surface area contributed by atoms with Gasteiger partial charge in [0.1, 0.15) is 17.3 Å². The normalized spacial score (nSPS) is 13.0. The monoisotopic (exact) mass is 397 g/mol. The Balaban J connectivity index is 3.32. The van der Waals surface area contributed by atoms with Gasteiger partial charge in [-0.2, -0.15) is 17.5 Å². The second kappa shape index (κ2) is 6.17. The van der Waals surface area contributed by atoms with Gasteiger partial charge in [-0.3, -0.25) is 0 Å². The van der Waals surface area contributed by atoms with E-state index in [1.165, 1.54) is 6.07 Å². The maximum atomic E-state index is 13.9. The Morgan fingerprint density at radius 2 is 1.90 bits per heavy atom. The lowest BCUT2D eigenvalue weighted by atomic mass is 10.2. The van der Waals surface area contributed by atoms with Crippen molar-refractivity contribution in [2.24, 2.45) is 0 Å². The van der Waals surface area contributed by atoms with Crippen molar-refractivity contribution in [3.05, 3.63) is 28.0 Å². The Labute approximate surface area is 126 Å². The van der Waals surface area contributed by atoms with Gasteiger partial charge in [0.25, 0.3) is 0 Å². The maximum absolute atomic E-state index is 13.9. The van der Waals surface area contributed by atoms with Crippen molar-refractivity contribution < 1.29 is 26.0 Å². The Morgan fingerprint density at radius 3 is 2.35 bits per heavy atom. The highest BCUT2D eigenvalue weighted by Gasteiger charge is 2.36. The van der Waals surface area contributed by atoms with E-state index in [4.69, 9.17) is 11.6 Å². The number of rotatable bonds is 4. The highest BCUT2D eigenvalue weighted by Crippen LogP contribution is 2.28. The molecule has 0 saturated carbocycles. The highest BCUT2D eigenvalue weighted by molar-refractivity contribution is 9.10. The average molecular weight is 399 g/mol. The van der Waals surface area contributed by atoms with Gasteiger partial charge >= 0.3 is 6.18 Å². The van der Waals surface area contributed by atoms with E-state index in [2.05, 4.69) is 15.9 Å². The molecule has 20 heavy (non-hydrogen) atoms. The van der Waals surface area contributed by atoms with Crippen molar-refractivity contribution in [2.45, 2.75) is 17.0 Å². The molecule has 0 fully saturated rings. The molecular weight excluding hydrogens is 390 g/mol. The molecule has 1 rings (SSSR count). The van der Waals surface area contributed by atoms with Crippen LogP contribution in [-0.2, 0) is 15.9 Å². The van der Waals surface area contributed by atoms with Crippen LogP contribution in [-0.4, -0.2) is 32.5 Å². The quantitative estimate of drug-likeness (QED) is 0.575. The number of benzene rings is 1. The van der Waals surface area contributed by atoms with Gasteiger partial charge in [0, 0.05) is 17.1 Å². The summed E-state index contributed by atoms with van der Waals surface area (Å²) in [5.41, 5.74) is -0.125. The summed E-state index contributed by atoms with van der Waals surface area (Å²) in [6.45, 7) is -1.71. The summed E-state index contributed by atoms with van der Waals surface area (Å²) < 4.78 is 74.9. The van der Waals surface area contributed by atoms with Crippen molar-refractivity contribution in [2.75, 3.05) is 13.6 Å². The lowest BCUT2D eigenvalue weighted by Gasteiger charge is -2.19. The molecule has 0 aliphatic carbocycles. The fourth-order valence-corrected chi connectivity index (χ4v) is 3.55. The van der Waals surface area contributed by atoms with E-state index in [9.17, 15) is 26.0 Å². The third-order valence-corrected chi connectivity index (χ3v) is 4.86. The van der Waals surface area contributed by atoms with Gasteiger partial charge in [-0.25, -0.2) is 12.8 Å². The van der Waals surface area contributed by atoms with Gasteiger partial charge in [0.05, 0.1) is 5.88 Å². The van der Waals surface area contributed by atoms with E-state index in [0.29, 0.717) is 0 Å². The lowest BCUT2D eigenvalue weighted by Crippen LogP contribution is -2.36. The summed E-state index contributed by atoms with van der Waals surface area (Å²) in [5.74, 6) is -1.46. The summed E-state index contributed by atoms with van der Waals surface area (Å²) in [5, 5.41) is 0. The first-order valence-corrected chi connectivity index (χ1v) is 7.83. The Kier molecular flexibility index (Phi) is 5.45. The van der Waals surface area contributed by atoms with E-state index >= 15 is 0 Å². The maximum Gasteiger partial charge on any atom is 0.402 e. The van der Waals surface area contributed by atoms with Crippen LogP contribution < -0.4 is 0 Å². The van der Waals surface area contributed by atoms with E-state index in [-0.39, 0.29) is 20.2 Å². The fraction of sp³-hybridized carbons (Fsp3) is 0.400. The molecule has 0 heterocycles. The van der Waals surface area contributed by atoms with Crippen molar-refractivity contribution in [3.8, 4) is 0 Å². The van der Waals surface area contributed by atoms with Gasteiger partial charge in [0.15, 0.2) is 0 Å². The van der Waals surface area contributed by atoms with Gasteiger partial charge in [-0.15, -0.1) is 11.6 Å². The van der Waals surface area contributed by atoms with Crippen LogP contribution in [0.4, 0.5) is 17.6 Å². The molecule has 0 saturated heterocycles. The zero-order valence-electron chi connectivity index (χ0n) is 10.0.